The van der Waals surface area contributed by atoms with Crippen LogP contribution < -0.4 is 5.32 Å². The quantitative estimate of drug-likeness (QED) is 0.751. The average molecular weight is 209 g/mol. The van der Waals surface area contributed by atoms with Gasteiger partial charge in [-0.25, -0.2) is 4.79 Å². The number of aromatic nitrogens is 2. The van der Waals surface area contributed by atoms with E-state index in [4.69, 9.17) is 5.11 Å². The Balaban J connectivity index is 2.67. The van der Waals surface area contributed by atoms with Gasteiger partial charge in [0.05, 0.1) is 6.20 Å². The highest BCUT2D eigenvalue weighted by Gasteiger charge is 2.13. The second-order valence-electron chi connectivity index (χ2n) is 3.23. The van der Waals surface area contributed by atoms with Crippen molar-refractivity contribution in [2.45, 2.75) is 13.0 Å². The molecule has 1 rings (SSSR count). The molecule has 0 spiro atoms. The lowest BCUT2D eigenvalue weighted by atomic mass is 10.3. The van der Waals surface area contributed by atoms with E-state index in [9.17, 15) is 4.79 Å². The number of hydrogen-bond acceptors (Lipinski definition) is 3. The van der Waals surface area contributed by atoms with Gasteiger partial charge < -0.3 is 10.4 Å². The predicted octanol–water partition coefficient (Wildman–Crippen LogP) is 0.761. The van der Waals surface area contributed by atoms with Gasteiger partial charge in [0.2, 0.25) is 0 Å². The highest BCUT2D eigenvalue weighted by Crippen LogP contribution is 2.07. The number of carboxylic acids is 1. The Hall–Kier alpha value is -1.62. The van der Waals surface area contributed by atoms with Crippen molar-refractivity contribution in [3.8, 4) is 0 Å². The van der Waals surface area contributed by atoms with Crippen LogP contribution in [0, 0.1) is 0 Å². The van der Waals surface area contributed by atoms with Gasteiger partial charge >= 0.3 is 5.97 Å². The summed E-state index contributed by atoms with van der Waals surface area (Å²) in [5.74, 6) is -0.885. The van der Waals surface area contributed by atoms with Gasteiger partial charge in [-0.2, -0.15) is 5.10 Å². The van der Waals surface area contributed by atoms with Crippen LogP contribution in [-0.4, -0.2) is 34.4 Å². The van der Waals surface area contributed by atoms with Crippen LogP contribution in [0.3, 0.4) is 0 Å². The smallest absolute Gasteiger partial charge is 0.328 e. The first-order valence-electron chi connectivity index (χ1n) is 4.73. The van der Waals surface area contributed by atoms with E-state index in [0.29, 0.717) is 0 Å². The lowest BCUT2D eigenvalue weighted by Gasteiger charge is -2.04. The van der Waals surface area contributed by atoms with E-state index in [1.165, 1.54) is 4.68 Å². The molecule has 0 saturated carbocycles. The van der Waals surface area contributed by atoms with Crippen LogP contribution in [0.5, 0.6) is 0 Å². The van der Waals surface area contributed by atoms with Crippen LogP contribution in [0.1, 0.15) is 18.5 Å². The molecule has 0 aliphatic heterocycles. The van der Waals surface area contributed by atoms with Crippen LogP contribution in [0.2, 0.25) is 0 Å². The van der Waals surface area contributed by atoms with E-state index in [-0.39, 0.29) is 0 Å². The summed E-state index contributed by atoms with van der Waals surface area (Å²) in [6, 6.07) is -0.628. The fourth-order valence-electron chi connectivity index (χ4n) is 1.08. The number of rotatable bonds is 5. The summed E-state index contributed by atoms with van der Waals surface area (Å²) < 4.78 is 1.43. The first-order chi connectivity index (χ1) is 7.15. The third-order valence-corrected chi connectivity index (χ3v) is 2.01. The van der Waals surface area contributed by atoms with E-state index in [2.05, 4.69) is 10.4 Å². The molecule has 0 fully saturated rings. The Morgan fingerprint density at radius 1 is 1.80 bits per heavy atom. The number of nitrogens with one attached hydrogen (secondary N) is 1. The molecule has 0 aromatic carbocycles. The molecule has 0 aliphatic carbocycles. The van der Waals surface area contributed by atoms with Gasteiger partial charge in [-0.15, -0.1) is 0 Å². The molecule has 5 heteroatoms. The number of hydrogen-bond donors (Lipinski definition) is 2. The van der Waals surface area contributed by atoms with Crippen molar-refractivity contribution < 1.29 is 9.90 Å². The van der Waals surface area contributed by atoms with E-state index in [0.717, 1.165) is 12.1 Å². The lowest BCUT2D eigenvalue weighted by molar-refractivity contribution is -0.140. The molecular formula is C10H15N3O2. The summed E-state index contributed by atoms with van der Waals surface area (Å²) in [6.45, 7) is 2.37. The molecule has 0 amide bonds. The zero-order chi connectivity index (χ0) is 11.3. The fraction of sp³-hybridized carbons (Fsp3) is 0.400. The zero-order valence-electron chi connectivity index (χ0n) is 8.84. The molecule has 1 aromatic rings. The molecule has 0 bridgehead atoms. The van der Waals surface area contributed by atoms with E-state index in [1.54, 1.807) is 19.3 Å². The second kappa shape index (κ2) is 5.31. The number of carbonyl (C=O) groups is 1. The number of aliphatic carboxylic acids is 1. The van der Waals surface area contributed by atoms with Crippen molar-refractivity contribution in [1.82, 2.24) is 15.1 Å². The van der Waals surface area contributed by atoms with Gasteiger partial charge in [0.15, 0.2) is 0 Å². The Morgan fingerprint density at radius 3 is 3.13 bits per heavy atom. The van der Waals surface area contributed by atoms with Gasteiger partial charge in [-0.3, -0.25) is 4.68 Å². The Morgan fingerprint density at radius 2 is 2.53 bits per heavy atom. The maximum atomic E-state index is 10.7. The Labute approximate surface area is 88.4 Å². The van der Waals surface area contributed by atoms with Gasteiger partial charge in [-0.05, 0) is 14.0 Å². The maximum absolute atomic E-state index is 10.7. The van der Waals surface area contributed by atoms with Crippen molar-refractivity contribution >= 4 is 12.0 Å². The van der Waals surface area contributed by atoms with Gasteiger partial charge in [0.25, 0.3) is 0 Å². The summed E-state index contributed by atoms with van der Waals surface area (Å²) in [7, 11) is 1.86. The molecule has 82 valence electrons. The molecule has 0 unspecified atom stereocenters. The molecule has 0 aliphatic rings. The Bertz CT molecular complexity index is 357. The molecule has 1 aromatic heterocycles. The summed E-state index contributed by atoms with van der Waals surface area (Å²) in [5, 5.41) is 15.7. The van der Waals surface area contributed by atoms with Crippen LogP contribution in [0.4, 0.5) is 0 Å². The van der Waals surface area contributed by atoms with Crippen LogP contribution in [0.25, 0.3) is 6.08 Å². The van der Waals surface area contributed by atoms with Crippen molar-refractivity contribution in [1.29, 1.82) is 0 Å². The molecular weight excluding hydrogens is 194 g/mol. The summed E-state index contributed by atoms with van der Waals surface area (Å²) >= 11 is 0. The van der Waals surface area contributed by atoms with Crippen LogP contribution in [-0.2, 0) is 4.79 Å². The van der Waals surface area contributed by atoms with E-state index >= 15 is 0 Å². The summed E-state index contributed by atoms with van der Waals surface area (Å²) in [5.41, 5.74) is 0.901. The molecule has 15 heavy (non-hydrogen) atoms. The normalized spacial score (nSPS) is 13.2. The largest absolute Gasteiger partial charge is 0.480 e. The number of nitrogens with zero attached hydrogens (tertiary/aromatic N) is 2. The first kappa shape index (κ1) is 11.5. The van der Waals surface area contributed by atoms with E-state index in [1.807, 2.05) is 19.2 Å². The minimum atomic E-state index is -0.885. The van der Waals surface area contributed by atoms with Crippen molar-refractivity contribution in [3.63, 3.8) is 0 Å². The molecule has 0 saturated heterocycles. The van der Waals surface area contributed by atoms with Gasteiger partial charge in [-0.1, -0.05) is 12.2 Å². The minimum Gasteiger partial charge on any atom is -0.480 e. The zero-order valence-corrected chi connectivity index (χ0v) is 8.84. The molecule has 0 radical (unpaired) electrons. The average Bonchev–Trinajstić information content (AvgIpc) is 2.65. The molecule has 2 N–H and O–H groups in total. The minimum absolute atomic E-state index is 0.628. The fourth-order valence-corrected chi connectivity index (χ4v) is 1.08. The van der Waals surface area contributed by atoms with Gasteiger partial charge in [0, 0.05) is 18.3 Å². The monoisotopic (exact) mass is 209 g/mol. The van der Waals surface area contributed by atoms with Crippen molar-refractivity contribution in [2.75, 3.05) is 13.6 Å². The summed E-state index contributed by atoms with van der Waals surface area (Å²) in [4.78, 5) is 10.7. The third kappa shape index (κ3) is 3.21. The first-order valence-corrected chi connectivity index (χ1v) is 4.73. The SMILES string of the molecule is CNCC=Cc1cnn([C@@H](C)C(=O)O)c1. The standard InChI is InChI=1S/C10H15N3O2/c1-8(10(14)15)13-7-9(6-12-13)4-3-5-11-2/h3-4,6-8,11H,5H2,1-2H3,(H,14,15)/t8-/m0/s1. The molecule has 5 nitrogen and oxygen atoms in total. The second-order valence-corrected chi connectivity index (χ2v) is 3.23. The van der Waals surface area contributed by atoms with Crippen LogP contribution >= 0.6 is 0 Å². The number of likely N-dealkylation sites (N-methyl/N-ethyl adjacent to an activating group) is 1. The maximum Gasteiger partial charge on any atom is 0.328 e. The lowest BCUT2D eigenvalue weighted by Crippen LogP contribution is -2.15. The summed E-state index contributed by atoms with van der Waals surface area (Å²) in [6.07, 6.45) is 7.21. The van der Waals surface area contributed by atoms with E-state index < -0.39 is 12.0 Å². The molecule has 1 atom stereocenters. The highest BCUT2D eigenvalue weighted by atomic mass is 16.4. The van der Waals surface area contributed by atoms with Crippen molar-refractivity contribution in [2.24, 2.45) is 0 Å². The van der Waals surface area contributed by atoms with Crippen molar-refractivity contribution in [3.05, 3.63) is 24.0 Å². The van der Waals surface area contributed by atoms with Gasteiger partial charge in [0.1, 0.15) is 6.04 Å². The topological polar surface area (TPSA) is 67.2 Å². The predicted molar refractivity (Wildman–Crippen MR) is 57.5 cm³/mol. The highest BCUT2D eigenvalue weighted by molar-refractivity contribution is 5.71. The van der Waals surface area contributed by atoms with Crippen LogP contribution in [0.15, 0.2) is 18.5 Å². The Kier molecular flexibility index (Phi) is 4.05. The number of carboxylic acid groups (broad SMARTS) is 1. The molecule has 1 heterocycles. The third-order valence-electron chi connectivity index (χ3n) is 2.01.